The summed E-state index contributed by atoms with van der Waals surface area (Å²) in [5.74, 6) is 0. The van der Waals surface area contributed by atoms with E-state index in [0.717, 1.165) is 0 Å². The first-order valence-electron chi connectivity index (χ1n) is 4.50. The van der Waals surface area contributed by atoms with E-state index < -0.39 is 30.5 Å². The second-order valence-electron chi connectivity index (χ2n) is 3.35. The van der Waals surface area contributed by atoms with Crippen LogP contribution in [0, 0.1) is 0 Å². The number of aliphatic hydroxyl groups is 3. The first kappa shape index (κ1) is 11.5. The summed E-state index contributed by atoms with van der Waals surface area (Å²) in [6, 6.07) is 0. The molecule has 0 aromatic heterocycles. The molecule has 5 atom stereocenters. The van der Waals surface area contributed by atoms with Gasteiger partial charge in [0, 0.05) is 0 Å². The maximum Gasteiger partial charge on any atom is 0.120 e. The summed E-state index contributed by atoms with van der Waals surface area (Å²) in [5, 5.41) is 28.3. The Morgan fingerprint density at radius 2 is 1.93 bits per heavy atom. The molecule has 1 rings (SSSR count). The van der Waals surface area contributed by atoms with Crippen molar-refractivity contribution >= 4 is 0 Å². The fourth-order valence-electron chi connectivity index (χ4n) is 1.44. The molecule has 5 unspecified atom stereocenters. The third-order valence-electron chi connectivity index (χ3n) is 2.33. The van der Waals surface area contributed by atoms with Gasteiger partial charge in [-0.25, -0.2) is 0 Å². The second-order valence-corrected chi connectivity index (χ2v) is 3.35. The summed E-state index contributed by atoms with van der Waals surface area (Å²) in [5.41, 5.74) is 0. The maximum atomic E-state index is 9.50. The smallest absolute Gasteiger partial charge is 0.120 e. The van der Waals surface area contributed by atoms with Gasteiger partial charge in [-0.05, 0) is 6.92 Å². The molecule has 1 saturated heterocycles. The molecule has 0 spiro atoms. The fraction of sp³-hybridized carbons (Fsp3) is 0.778. The predicted octanol–water partition coefficient (Wildman–Crippen LogP) is -0.984. The zero-order valence-corrected chi connectivity index (χ0v) is 8.04. The Balaban J connectivity index is 2.55. The van der Waals surface area contributed by atoms with Crippen LogP contribution in [0.25, 0.3) is 0 Å². The van der Waals surface area contributed by atoms with Crippen LogP contribution in [-0.4, -0.2) is 52.4 Å². The molecule has 1 heterocycles. The Kier molecular flexibility index (Phi) is 3.88. The molecule has 0 aliphatic carbocycles. The van der Waals surface area contributed by atoms with Gasteiger partial charge in [0.05, 0.1) is 12.4 Å². The van der Waals surface area contributed by atoms with Crippen LogP contribution in [-0.2, 0) is 9.47 Å². The number of ether oxygens (including phenoxy) is 2. The molecule has 14 heavy (non-hydrogen) atoms. The summed E-state index contributed by atoms with van der Waals surface area (Å²) in [7, 11) is 0. The van der Waals surface area contributed by atoms with Crippen LogP contribution in [0.5, 0.6) is 0 Å². The van der Waals surface area contributed by atoms with Crippen molar-refractivity contribution in [2.45, 2.75) is 37.4 Å². The summed E-state index contributed by atoms with van der Waals surface area (Å²) in [6.07, 6.45) is -3.32. The van der Waals surface area contributed by atoms with Gasteiger partial charge in [-0.3, -0.25) is 0 Å². The number of hydrogen-bond acceptors (Lipinski definition) is 5. The van der Waals surface area contributed by atoms with Crippen molar-refractivity contribution in [1.82, 2.24) is 0 Å². The van der Waals surface area contributed by atoms with Crippen LogP contribution < -0.4 is 0 Å². The fourth-order valence-corrected chi connectivity index (χ4v) is 1.44. The molecular weight excluding hydrogens is 188 g/mol. The molecule has 3 N–H and O–H groups in total. The highest BCUT2D eigenvalue weighted by Gasteiger charge is 2.41. The Hall–Kier alpha value is -0.620. The largest absolute Gasteiger partial charge is 0.499 e. The zero-order chi connectivity index (χ0) is 10.7. The average Bonchev–Trinajstić information content (AvgIpc) is 2.18. The molecule has 1 aliphatic rings. The van der Waals surface area contributed by atoms with Gasteiger partial charge in [-0.2, -0.15) is 0 Å². The van der Waals surface area contributed by atoms with Gasteiger partial charge in [0.2, 0.25) is 0 Å². The summed E-state index contributed by atoms with van der Waals surface area (Å²) in [6.45, 7) is 5.09. The quantitative estimate of drug-likeness (QED) is 0.515. The minimum atomic E-state index is -1.20. The third-order valence-corrected chi connectivity index (χ3v) is 2.33. The van der Waals surface area contributed by atoms with E-state index in [1.807, 2.05) is 0 Å². The highest BCUT2D eigenvalue weighted by Crippen LogP contribution is 2.20. The highest BCUT2D eigenvalue weighted by atomic mass is 16.6. The SMILES string of the molecule is C=COCC1OC(C)C(O)C(O)C1O. The van der Waals surface area contributed by atoms with E-state index >= 15 is 0 Å². The van der Waals surface area contributed by atoms with Gasteiger partial charge in [0.1, 0.15) is 31.0 Å². The number of hydrogen-bond donors (Lipinski definition) is 3. The maximum absolute atomic E-state index is 9.50. The van der Waals surface area contributed by atoms with Crippen molar-refractivity contribution in [1.29, 1.82) is 0 Å². The molecule has 82 valence electrons. The minimum absolute atomic E-state index is 0.110. The van der Waals surface area contributed by atoms with E-state index in [0.29, 0.717) is 0 Å². The lowest BCUT2D eigenvalue weighted by molar-refractivity contribution is -0.224. The lowest BCUT2D eigenvalue weighted by Crippen LogP contribution is -2.57. The summed E-state index contributed by atoms with van der Waals surface area (Å²) in [4.78, 5) is 0. The summed E-state index contributed by atoms with van der Waals surface area (Å²) >= 11 is 0. The lowest BCUT2D eigenvalue weighted by Gasteiger charge is -2.38. The van der Waals surface area contributed by atoms with Crippen molar-refractivity contribution in [2.75, 3.05) is 6.61 Å². The van der Waals surface area contributed by atoms with Crippen LogP contribution in [0.4, 0.5) is 0 Å². The normalized spacial score (nSPS) is 43.3. The van der Waals surface area contributed by atoms with E-state index in [9.17, 15) is 15.3 Å². The highest BCUT2D eigenvalue weighted by molar-refractivity contribution is 4.90. The Labute approximate surface area is 82.6 Å². The van der Waals surface area contributed by atoms with Gasteiger partial charge in [0.25, 0.3) is 0 Å². The van der Waals surface area contributed by atoms with E-state index in [4.69, 9.17) is 9.47 Å². The average molecular weight is 204 g/mol. The van der Waals surface area contributed by atoms with Crippen LogP contribution in [0.1, 0.15) is 6.92 Å². The summed E-state index contributed by atoms with van der Waals surface area (Å²) < 4.78 is 10.1. The predicted molar refractivity (Wildman–Crippen MR) is 48.5 cm³/mol. The van der Waals surface area contributed by atoms with E-state index in [-0.39, 0.29) is 6.61 Å². The van der Waals surface area contributed by atoms with E-state index in [2.05, 4.69) is 6.58 Å². The van der Waals surface area contributed by atoms with Gasteiger partial charge in [-0.1, -0.05) is 6.58 Å². The van der Waals surface area contributed by atoms with Crippen molar-refractivity contribution in [3.05, 3.63) is 12.8 Å². The third kappa shape index (κ3) is 2.24. The standard InChI is InChI=1S/C9H16O5/c1-3-13-4-6-8(11)9(12)7(10)5(2)14-6/h3,5-12H,1,4H2,2H3. The van der Waals surface area contributed by atoms with Crippen LogP contribution in [0.3, 0.4) is 0 Å². The molecule has 0 radical (unpaired) electrons. The van der Waals surface area contributed by atoms with Gasteiger partial charge in [-0.15, -0.1) is 0 Å². The zero-order valence-electron chi connectivity index (χ0n) is 8.04. The molecule has 1 fully saturated rings. The Morgan fingerprint density at radius 3 is 2.50 bits per heavy atom. The van der Waals surface area contributed by atoms with Gasteiger partial charge >= 0.3 is 0 Å². The molecule has 1 aliphatic heterocycles. The molecule has 5 heteroatoms. The van der Waals surface area contributed by atoms with E-state index in [1.165, 1.54) is 6.26 Å². The molecule has 0 amide bonds. The van der Waals surface area contributed by atoms with Crippen molar-refractivity contribution < 1.29 is 24.8 Å². The molecule has 0 saturated carbocycles. The first-order valence-corrected chi connectivity index (χ1v) is 4.50. The van der Waals surface area contributed by atoms with E-state index in [1.54, 1.807) is 6.92 Å². The lowest BCUT2D eigenvalue weighted by atomic mass is 9.96. The van der Waals surface area contributed by atoms with Gasteiger partial charge < -0.3 is 24.8 Å². The van der Waals surface area contributed by atoms with Gasteiger partial charge in [0.15, 0.2) is 0 Å². The monoisotopic (exact) mass is 204 g/mol. The molecule has 0 aromatic rings. The van der Waals surface area contributed by atoms with Crippen molar-refractivity contribution in [3.63, 3.8) is 0 Å². The topological polar surface area (TPSA) is 79.2 Å². The molecule has 0 bridgehead atoms. The van der Waals surface area contributed by atoms with Crippen LogP contribution in [0.15, 0.2) is 12.8 Å². The van der Waals surface area contributed by atoms with Crippen molar-refractivity contribution in [2.24, 2.45) is 0 Å². The second kappa shape index (κ2) is 4.75. The number of rotatable bonds is 3. The number of aliphatic hydroxyl groups excluding tert-OH is 3. The Morgan fingerprint density at radius 1 is 1.29 bits per heavy atom. The molecule has 0 aromatic carbocycles. The minimum Gasteiger partial charge on any atom is -0.499 e. The van der Waals surface area contributed by atoms with Crippen molar-refractivity contribution in [3.8, 4) is 0 Å². The van der Waals surface area contributed by atoms with Crippen LogP contribution in [0.2, 0.25) is 0 Å². The molecule has 5 nitrogen and oxygen atoms in total. The molecular formula is C9H16O5. The van der Waals surface area contributed by atoms with Crippen LogP contribution >= 0.6 is 0 Å². The first-order chi connectivity index (χ1) is 6.57. The Bertz CT molecular complexity index is 196.